The molecule has 0 radical (unpaired) electrons. The standard InChI is InChI=1S/C16H20N2O2S/c1-18(12-6-2-3-7-12)21(19,20)16-11-10-15(17)13-8-4-5-9-14(13)16/h4-5,8-12H,2-3,6-7,17H2,1H3. The van der Waals surface area contributed by atoms with Crippen LogP contribution in [0.2, 0.25) is 0 Å². The highest BCUT2D eigenvalue weighted by Crippen LogP contribution is 2.32. The van der Waals surface area contributed by atoms with Crippen LogP contribution in [0.15, 0.2) is 41.3 Å². The molecule has 1 saturated carbocycles. The Balaban J connectivity index is 2.13. The van der Waals surface area contributed by atoms with E-state index in [9.17, 15) is 8.42 Å². The van der Waals surface area contributed by atoms with Crippen molar-refractivity contribution in [3.05, 3.63) is 36.4 Å². The third kappa shape index (κ3) is 2.40. The van der Waals surface area contributed by atoms with Crippen LogP contribution in [0.5, 0.6) is 0 Å². The van der Waals surface area contributed by atoms with E-state index >= 15 is 0 Å². The highest BCUT2D eigenvalue weighted by Gasteiger charge is 2.31. The molecule has 21 heavy (non-hydrogen) atoms. The van der Waals surface area contributed by atoms with Crippen LogP contribution in [-0.4, -0.2) is 25.8 Å². The van der Waals surface area contributed by atoms with Crippen molar-refractivity contribution in [2.75, 3.05) is 12.8 Å². The van der Waals surface area contributed by atoms with Crippen LogP contribution in [0.3, 0.4) is 0 Å². The molecule has 112 valence electrons. The Morgan fingerprint density at radius 3 is 2.33 bits per heavy atom. The van der Waals surface area contributed by atoms with E-state index in [2.05, 4.69) is 0 Å². The van der Waals surface area contributed by atoms with Gasteiger partial charge in [0.1, 0.15) is 0 Å². The van der Waals surface area contributed by atoms with Gasteiger partial charge < -0.3 is 5.73 Å². The smallest absolute Gasteiger partial charge is 0.243 e. The fourth-order valence-corrected chi connectivity index (χ4v) is 4.75. The third-order valence-electron chi connectivity index (χ3n) is 4.41. The molecule has 0 amide bonds. The minimum atomic E-state index is -3.49. The summed E-state index contributed by atoms with van der Waals surface area (Å²) in [6, 6.07) is 10.8. The number of hydrogen-bond donors (Lipinski definition) is 1. The first-order valence-corrected chi connectivity index (χ1v) is 8.71. The van der Waals surface area contributed by atoms with E-state index in [4.69, 9.17) is 5.73 Å². The van der Waals surface area contributed by atoms with Crippen LogP contribution < -0.4 is 5.73 Å². The van der Waals surface area contributed by atoms with Gasteiger partial charge in [-0.15, -0.1) is 0 Å². The van der Waals surface area contributed by atoms with Crippen LogP contribution in [-0.2, 0) is 10.0 Å². The lowest BCUT2D eigenvalue weighted by molar-refractivity contribution is 0.373. The second-order valence-electron chi connectivity index (χ2n) is 5.66. The normalized spacial score (nSPS) is 16.9. The molecule has 0 saturated heterocycles. The predicted molar refractivity (Wildman–Crippen MR) is 85.6 cm³/mol. The Kier molecular flexibility index (Phi) is 3.63. The van der Waals surface area contributed by atoms with E-state index in [0.717, 1.165) is 31.1 Å². The number of benzene rings is 2. The number of anilines is 1. The fourth-order valence-electron chi connectivity index (χ4n) is 3.14. The van der Waals surface area contributed by atoms with Gasteiger partial charge in [-0.2, -0.15) is 4.31 Å². The van der Waals surface area contributed by atoms with Crippen molar-refractivity contribution in [3.8, 4) is 0 Å². The molecule has 0 bridgehead atoms. The highest BCUT2D eigenvalue weighted by molar-refractivity contribution is 7.89. The van der Waals surface area contributed by atoms with E-state index in [1.807, 2.05) is 24.3 Å². The van der Waals surface area contributed by atoms with Crippen LogP contribution in [0.25, 0.3) is 10.8 Å². The average molecular weight is 304 g/mol. The first kappa shape index (κ1) is 14.4. The van der Waals surface area contributed by atoms with Gasteiger partial charge in [0.2, 0.25) is 10.0 Å². The van der Waals surface area contributed by atoms with E-state index in [-0.39, 0.29) is 6.04 Å². The van der Waals surface area contributed by atoms with Gasteiger partial charge in [-0.3, -0.25) is 0 Å². The molecule has 2 N–H and O–H groups in total. The van der Waals surface area contributed by atoms with Crippen molar-refractivity contribution in [2.24, 2.45) is 0 Å². The van der Waals surface area contributed by atoms with E-state index in [1.165, 1.54) is 4.31 Å². The Morgan fingerprint density at radius 1 is 1.05 bits per heavy atom. The summed E-state index contributed by atoms with van der Waals surface area (Å²) in [6.07, 6.45) is 4.10. The monoisotopic (exact) mass is 304 g/mol. The zero-order chi connectivity index (χ0) is 15.0. The first-order chi connectivity index (χ1) is 10.0. The van der Waals surface area contributed by atoms with Gasteiger partial charge in [0.15, 0.2) is 0 Å². The number of fused-ring (bicyclic) bond motifs is 1. The van der Waals surface area contributed by atoms with Gasteiger partial charge in [-0.25, -0.2) is 8.42 Å². The lowest BCUT2D eigenvalue weighted by atomic mass is 10.1. The van der Waals surface area contributed by atoms with Gasteiger partial charge in [-0.05, 0) is 25.0 Å². The van der Waals surface area contributed by atoms with Crippen LogP contribution in [0.4, 0.5) is 5.69 Å². The third-order valence-corrected chi connectivity index (χ3v) is 6.38. The second kappa shape index (κ2) is 5.31. The molecule has 5 heteroatoms. The number of nitrogens with two attached hydrogens (primary N) is 1. The molecule has 0 heterocycles. The number of nitrogens with zero attached hydrogens (tertiary/aromatic N) is 1. The molecular formula is C16H20N2O2S. The molecule has 1 fully saturated rings. The van der Waals surface area contributed by atoms with E-state index < -0.39 is 10.0 Å². The minimum Gasteiger partial charge on any atom is -0.398 e. The maximum absolute atomic E-state index is 12.9. The molecule has 1 aliphatic carbocycles. The fraction of sp³-hybridized carbons (Fsp3) is 0.375. The summed E-state index contributed by atoms with van der Waals surface area (Å²) < 4.78 is 27.4. The molecule has 0 atom stereocenters. The van der Waals surface area contributed by atoms with Crippen molar-refractivity contribution < 1.29 is 8.42 Å². The Labute approximate surface area is 125 Å². The summed E-state index contributed by atoms with van der Waals surface area (Å²) in [5, 5.41) is 1.49. The van der Waals surface area contributed by atoms with Crippen LogP contribution in [0, 0.1) is 0 Å². The maximum atomic E-state index is 12.9. The molecule has 0 aliphatic heterocycles. The van der Waals surface area contributed by atoms with Crippen LogP contribution >= 0.6 is 0 Å². The second-order valence-corrected chi connectivity index (χ2v) is 7.62. The summed E-state index contributed by atoms with van der Waals surface area (Å²) in [4.78, 5) is 0.349. The molecule has 3 rings (SSSR count). The van der Waals surface area contributed by atoms with Crippen molar-refractivity contribution in [1.82, 2.24) is 4.31 Å². The van der Waals surface area contributed by atoms with Gasteiger partial charge >= 0.3 is 0 Å². The largest absolute Gasteiger partial charge is 0.398 e. The molecule has 0 aromatic heterocycles. The Morgan fingerprint density at radius 2 is 1.67 bits per heavy atom. The lowest BCUT2D eigenvalue weighted by Gasteiger charge is -2.24. The zero-order valence-corrected chi connectivity index (χ0v) is 12.9. The summed E-state index contributed by atoms with van der Waals surface area (Å²) in [5.74, 6) is 0. The van der Waals surface area contributed by atoms with E-state index in [1.54, 1.807) is 19.2 Å². The van der Waals surface area contributed by atoms with Crippen molar-refractivity contribution in [2.45, 2.75) is 36.6 Å². The van der Waals surface area contributed by atoms with Crippen molar-refractivity contribution >= 4 is 26.5 Å². The topological polar surface area (TPSA) is 63.4 Å². The van der Waals surface area contributed by atoms with Gasteiger partial charge in [0.05, 0.1) is 4.90 Å². The summed E-state index contributed by atoms with van der Waals surface area (Å²) in [5.41, 5.74) is 6.56. The SMILES string of the molecule is CN(C1CCCC1)S(=O)(=O)c1ccc(N)c2ccccc12. The summed E-state index contributed by atoms with van der Waals surface area (Å²) in [6.45, 7) is 0. The van der Waals surface area contributed by atoms with E-state index in [0.29, 0.717) is 16.0 Å². The molecule has 0 spiro atoms. The minimum absolute atomic E-state index is 0.117. The number of rotatable bonds is 3. The molecule has 0 unspecified atom stereocenters. The molecule has 2 aromatic rings. The molecule has 2 aromatic carbocycles. The van der Waals surface area contributed by atoms with Gasteiger partial charge in [-0.1, -0.05) is 37.1 Å². The first-order valence-electron chi connectivity index (χ1n) is 7.27. The zero-order valence-electron chi connectivity index (χ0n) is 12.1. The number of hydrogen-bond acceptors (Lipinski definition) is 3. The maximum Gasteiger partial charge on any atom is 0.243 e. The Bertz CT molecular complexity index is 765. The average Bonchev–Trinajstić information content (AvgIpc) is 3.01. The quantitative estimate of drug-likeness (QED) is 0.887. The van der Waals surface area contributed by atoms with Crippen molar-refractivity contribution in [3.63, 3.8) is 0 Å². The predicted octanol–water partition coefficient (Wildman–Crippen LogP) is 2.99. The number of nitrogen functional groups attached to an aromatic ring is 1. The Hall–Kier alpha value is -1.59. The molecule has 1 aliphatic rings. The summed E-state index contributed by atoms with van der Waals surface area (Å²) >= 11 is 0. The highest BCUT2D eigenvalue weighted by atomic mass is 32.2. The van der Waals surface area contributed by atoms with Crippen molar-refractivity contribution in [1.29, 1.82) is 0 Å². The number of sulfonamides is 1. The lowest BCUT2D eigenvalue weighted by Crippen LogP contribution is -2.35. The molecular weight excluding hydrogens is 284 g/mol. The summed E-state index contributed by atoms with van der Waals surface area (Å²) in [7, 11) is -1.80. The molecule has 4 nitrogen and oxygen atoms in total. The van der Waals surface area contributed by atoms with Gasteiger partial charge in [0, 0.05) is 29.5 Å². The van der Waals surface area contributed by atoms with Gasteiger partial charge in [0.25, 0.3) is 0 Å². The van der Waals surface area contributed by atoms with Crippen LogP contribution in [0.1, 0.15) is 25.7 Å².